The molecule has 0 aromatic carbocycles. The van der Waals surface area contributed by atoms with Crippen LogP contribution in [0.15, 0.2) is 0 Å². The Kier molecular flexibility index (Phi) is 5.82. The number of hydrogen-bond acceptors (Lipinski definition) is 3. The predicted molar refractivity (Wildman–Crippen MR) is 77.4 cm³/mol. The van der Waals surface area contributed by atoms with E-state index < -0.39 is 0 Å². The van der Waals surface area contributed by atoms with Gasteiger partial charge in [0.05, 0.1) is 12.2 Å². The Bertz CT molecular complexity index is 440. The molecule has 19 heavy (non-hydrogen) atoms. The van der Waals surface area contributed by atoms with E-state index in [4.69, 9.17) is 0 Å². The molecule has 2 rings (SSSR count). The molecule has 6 heteroatoms. The second kappa shape index (κ2) is 6.91. The van der Waals surface area contributed by atoms with Crippen molar-refractivity contribution in [2.75, 3.05) is 13.1 Å². The molecule has 0 spiro atoms. The highest BCUT2D eigenvalue weighted by atomic mass is 35.5. The van der Waals surface area contributed by atoms with E-state index in [2.05, 4.69) is 15.7 Å². The van der Waals surface area contributed by atoms with E-state index in [1.165, 1.54) is 12.8 Å². The maximum atomic E-state index is 11.6. The summed E-state index contributed by atoms with van der Waals surface area (Å²) in [5.74, 6) is 0.860. The molecule has 5 nitrogen and oxygen atoms in total. The molecule has 0 saturated heterocycles. The van der Waals surface area contributed by atoms with Gasteiger partial charge in [0.1, 0.15) is 0 Å². The monoisotopic (exact) mass is 286 g/mol. The summed E-state index contributed by atoms with van der Waals surface area (Å²) in [6.07, 6.45) is 2.62. The van der Waals surface area contributed by atoms with Crippen molar-refractivity contribution in [2.45, 2.75) is 33.2 Å². The molecule has 1 heterocycles. The van der Waals surface area contributed by atoms with Crippen molar-refractivity contribution in [1.29, 1.82) is 0 Å². The van der Waals surface area contributed by atoms with Crippen LogP contribution >= 0.6 is 12.4 Å². The standard InChI is InChI=1S/C13H22N4O.ClH/c1-9-12(10(2)17(3)16-9)7-15-13(18)8-14-6-11-4-5-11;/h11,14H,4-8H2,1-3H3,(H,15,18);1H. The molecule has 1 aliphatic rings. The van der Waals surface area contributed by atoms with Crippen molar-refractivity contribution >= 4 is 18.3 Å². The Balaban J connectivity index is 0.00000180. The van der Waals surface area contributed by atoms with Crippen LogP contribution < -0.4 is 10.6 Å². The van der Waals surface area contributed by atoms with Gasteiger partial charge in [0.15, 0.2) is 0 Å². The molecule has 0 atom stereocenters. The van der Waals surface area contributed by atoms with E-state index in [-0.39, 0.29) is 18.3 Å². The van der Waals surface area contributed by atoms with Gasteiger partial charge in [-0.1, -0.05) is 0 Å². The van der Waals surface area contributed by atoms with Gasteiger partial charge >= 0.3 is 0 Å². The summed E-state index contributed by atoms with van der Waals surface area (Å²) in [7, 11) is 1.92. The third-order valence-corrected chi connectivity index (χ3v) is 3.54. The number of carbonyl (C=O) groups is 1. The van der Waals surface area contributed by atoms with Gasteiger partial charge in [0.2, 0.25) is 5.91 Å². The molecule has 0 aliphatic heterocycles. The van der Waals surface area contributed by atoms with Crippen LogP contribution in [0.5, 0.6) is 0 Å². The second-order valence-corrected chi connectivity index (χ2v) is 5.12. The molecule has 108 valence electrons. The summed E-state index contributed by atoms with van der Waals surface area (Å²) >= 11 is 0. The highest BCUT2D eigenvalue weighted by molar-refractivity contribution is 5.85. The average molecular weight is 287 g/mol. The van der Waals surface area contributed by atoms with E-state index >= 15 is 0 Å². The number of carbonyl (C=O) groups excluding carboxylic acids is 1. The fraction of sp³-hybridized carbons (Fsp3) is 0.692. The van der Waals surface area contributed by atoms with E-state index in [9.17, 15) is 4.79 Å². The molecule has 2 N–H and O–H groups in total. The van der Waals surface area contributed by atoms with Crippen molar-refractivity contribution in [3.05, 3.63) is 17.0 Å². The summed E-state index contributed by atoms with van der Waals surface area (Å²) in [5, 5.41) is 10.5. The molecule has 1 aromatic heterocycles. The van der Waals surface area contributed by atoms with Crippen LogP contribution in [0.1, 0.15) is 29.8 Å². The molecule has 1 amide bonds. The lowest BCUT2D eigenvalue weighted by Gasteiger charge is -2.06. The van der Waals surface area contributed by atoms with E-state index in [0.717, 1.165) is 29.4 Å². The number of halogens is 1. The summed E-state index contributed by atoms with van der Waals surface area (Å²) in [6.45, 7) is 5.94. The smallest absolute Gasteiger partial charge is 0.234 e. The van der Waals surface area contributed by atoms with Crippen LogP contribution in [0.3, 0.4) is 0 Å². The lowest BCUT2D eigenvalue weighted by molar-refractivity contribution is -0.120. The Labute approximate surface area is 120 Å². The summed E-state index contributed by atoms with van der Waals surface area (Å²) < 4.78 is 1.85. The number of nitrogens with zero attached hydrogens (tertiary/aromatic N) is 2. The molecular weight excluding hydrogens is 264 g/mol. The van der Waals surface area contributed by atoms with Crippen LogP contribution in [0.2, 0.25) is 0 Å². The molecule has 1 saturated carbocycles. The van der Waals surface area contributed by atoms with Crippen molar-refractivity contribution < 1.29 is 4.79 Å². The lowest BCUT2D eigenvalue weighted by Crippen LogP contribution is -2.34. The molecule has 0 unspecified atom stereocenters. The Morgan fingerprint density at radius 3 is 2.63 bits per heavy atom. The number of hydrogen-bond donors (Lipinski definition) is 2. The van der Waals surface area contributed by atoms with Gasteiger partial charge in [-0.3, -0.25) is 9.48 Å². The van der Waals surface area contributed by atoms with Crippen molar-refractivity contribution in [3.8, 4) is 0 Å². The van der Waals surface area contributed by atoms with Gasteiger partial charge in [-0.05, 0) is 39.2 Å². The van der Waals surface area contributed by atoms with Crippen molar-refractivity contribution in [2.24, 2.45) is 13.0 Å². The van der Waals surface area contributed by atoms with Gasteiger partial charge in [-0.25, -0.2) is 0 Å². The van der Waals surface area contributed by atoms with Gasteiger partial charge in [-0.2, -0.15) is 5.10 Å². The van der Waals surface area contributed by atoms with Crippen molar-refractivity contribution in [3.63, 3.8) is 0 Å². The van der Waals surface area contributed by atoms with Crippen LogP contribution in [0.25, 0.3) is 0 Å². The largest absolute Gasteiger partial charge is 0.351 e. The third-order valence-electron chi connectivity index (χ3n) is 3.54. The Morgan fingerprint density at radius 1 is 1.42 bits per heavy atom. The normalized spacial score (nSPS) is 14.1. The predicted octanol–water partition coefficient (Wildman–Crippen LogP) is 1.07. The molecular formula is C13H23ClN4O. The number of amides is 1. The maximum absolute atomic E-state index is 11.6. The fourth-order valence-electron chi connectivity index (χ4n) is 2.03. The zero-order valence-corrected chi connectivity index (χ0v) is 12.6. The average Bonchev–Trinajstić information content (AvgIpc) is 3.08. The summed E-state index contributed by atoms with van der Waals surface area (Å²) in [4.78, 5) is 11.6. The van der Waals surface area contributed by atoms with Crippen LogP contribution in [-0.2, 0) is 18.4 Å². The van der Waals surface area contributed by atoms with Gasteiger partial charge < -0.3 is 10.6 Å². The Morgan fingerprint density at radius 2 is 2.11 bits per heavy atom. The van der Waals surface area contributed by atoms with E-state index in [0.29, 0.717) is 13.1 Å². The Hall–Kier alpha value is -1.07. The molecule has 1 aromatic rings. The minimum atomic E-state index is 0. The SMILES string of the molecule is Cc1nn(C)c(C)c1CNC(=O)CNCC1CC1.Cl. The number of aryl methyl sites for hydroxylation is 2. The lowest BCUT2D eigenvalue weighted by atomic mass is 10.2. The van der Waals surface area contributed by atoms with Crippen molar-refractivity contribution in [1.82, 2.24) is 20.4 Å². The molecule has 0 bridgehead atoms. The highest BCUT2D eigenvalue weighted by Gasteiger charge is 2.20. The number of nitrogens with one attached hydrogen (secondary N) is 2. The first-order valence-corrected chi connectivity index (χ1v) is 6.54. The number of rotatable bonds is 6. The maximum Gasteiger partial charge on any atom is 0.234 e. The van der Waals surface area contributed by atoms with Gasteiger partial charge in [0.25, 0.3) is 0 Å². The van der Waals surface area contributed by atoms with Crippen LogP contribution in [0.4, 0.5) is 0 Å². The molecule has 0 radical (unpaired) electrons. The third kappa shape index (κ3) is 4.51. The molecule has 1 aliphatic carbocycles. The van der Waals surface area contributed by atoms with Gasteiger partial charge in [0, 0.05) is 24.8 Å². The minimum Gasteiger partial charge on any atom is -0.351 e. The molecule has 1 fully saturated rings. The highest BCUT2D eigenvalue weighted by Crippen LogP contribution is 2.27. The summed E-state index contributed by atoms with van der Waals surface area (Å²) in [6, 6.07) is 0. The van der Waals surface area contributed by atoms with E-state index in [1.54, 1.807) is 0 Å². The van der Waals surface area contributed by atoms with Gasteiger partial charge in [-0.15, -0.1) is 12.4 Å². The quantitative estimate of drug-likeness (QED) is 0.823. The van der Waals surface area contributed by atoms with Crippen LogP contribution in [-0.4, -0.2) is 28.8 Å². The first-order valence-electron chi connectivity index (χ1n) is 6.54. The summed E-state index contributed by atoms with van der Waals surface area (Å²) in [5.41, 5.74) is 3.22. The first kappa shape index (κ1) is 16.0. The zero-order valence-electron chi connectivity index (χ0n) is 11.8. The number of aromatic nitrogens is 2. The first-order chi connectivity index (χ1) is 8.58. The zero-order chi connectivity index (χ0) is 13.1. The second-order valence-electron chi connectivity index (χ2n) is 5.12. The fourth-order valence-corrected chi connectivity index (χ4v) is 2.03. The minimum absolute atomic E-state index is 0. The van der Waals surface area contributed by atoms with E-state index in [1.807, 2.05) is 25.6 Å². The topological polar surface area (TPSA) is 59.0 Å². The van der Waals surface area contributed by atoms with Crippen LogP contribution in [0, 0.1) is 19.8 Å².